The summed E-state index contributed by atoms with van der Waals surface area (Å²) < 4.78 is -0.0472. The predicted molar refractivity (Wildman–Crippen MR) is 70.8 cm³/mol. The molecule has 1 rings (SSSR count). The van der Waals surface area contributed by atoms with Gasteiger partial charge in [0.25, 0.3) is 0 Å². The molecule has 1 nitrogen and oxygen atoms in total. The SMILES string of the molecule is CCC(=O)C(C)C(C)(C)Sc1ccccc1. The van der Waals surface area contributed by atoms with Crippen molar-refractivity contribution in [2.45, 2.75) is 43.8 Å². The summed E-state index contributed by atoms with van der Waals surface area (Å²) in [6, 6.07) is 10.3. The summed E-state index contributed by atoms with van der Waals surface area (Å²) in [6.07, 6.45) is 0.625. The number of ketones is 1. The minimum absolute atomic E-state index is 0.0472. The highest BCUT2D eigenvalue weighted by molar-refractivity contribution is 8.00. The van der Waals surface area contributed by atoms with Gasteiger partial charge in [0.05, 0.1) is 0 Å². The molecule has 0 aliphatic heterocycles. The molecule has 0 fully saturated rings. The van der Waals surface area contributed by atoms with Crippen LogP contribution in [0, 0.1) is 5.92 Å². The second kappa shape index (κ2) is 5.53. The molecular formula is C14H20OS. The first kappa shape index (κ1) is 13.3. The quantitative estimate of drug-likeness (QED) is 0.714. The zero-order valence-electron chi connectivity index (χ0n) is 10.5. The number of rotatable bonds is 5. The number of hydrogen-bond acceptors (Lipinski definition) is 2. The maximum absolute atomic E-state index is 11.7. The number of hydrogen-bond donors (Lipinski definition) is 0. The molecule has 0 aliphatic carbocycles. The zero-order chi connectivity index (χ0) is 12.2. The molecule has 1 aromatic rings. The maximum Gasteiger partial charge on any atom is 0.136 e. The van der Waals surface area contributed by atoms with Gasteiger partial charge in [-0.25, -0.2) is 0 Å². The highest BCUT2D eigenvalue weighted by Crippen LogP contribution is 2.38. The molecule has 16 heavy (non-hydrogen) atoms. The first-order chi connectivity index (χ1) is 7.47. The van der Waals surface area contributed by atoms with Gasteiger partial charge in [0.1, 0.15) is 5.78 Å². The highest BCUT2D eigenvalue weighted by atomic mass is 32.2. The van der Waals surface area contributed by atoms with Gasteiger partial charge in [0.2, 0.25) is 0 Å². The third-order valence-electron chi connectivity index (χ3n) is 3.00. The third kappa shape index (κ3) is 3.38. The van der Waals surface area contributed by atoms with E-state index in [1.54, 1.807) is 11.8 Å². The molecule has 0 aliphatic rings. The van der Waals surface area contributed by atoms with E-state index in [1.165, 1.54) is 4.90 Å². The Morgan fingerprint density at radius 3 is 2.38 bits per heavy atom. The fraction of sp³-hybridized carbons (Fsp3) is 0.500. The van der Waals surface area contributed by atoms with E-state index in [2.05, 4.69) is 26.0 Å². The molecule has 0 N–H and O–H groups in total. The van der Waals surface area contributed by atoms with E-state index in [9.17, 15) is 4.79 Å². The summed E-state index contributed by atoms with van der Waals surface area (Å²) in [6.45, 7) is 8.25. The van der Waals surface area contributed by atoms with Gasteiger partial charge in [-0.15, -0.1) is 11.8 Å². The Kier molecular flexibility index (Phi) is 4.60. The summed E-state index contributed by atoms with van der Waals surface area (Å²) in [5.41, 5.74) is 0. The molecular weight excluding hydrogens is 216 g/mol. The minimum atomic E-state index is -0.0472. The van der Waals surface area contributed by atoms with Crippen molar-refractivity contribution in [3.63, 3.8) is 0 Å². The standard InChI is InChI=1S/C14H20OS/c1-5-13(15)11(2)14(3,4)16-12-9-7-6-8-10-12/h6-11H,5H2,1-4H3. The number of benzene rings is 1. The third-order valence-corrected chi connectivity index (χ3v) is 4.39. The molecule has 88 valence electrons. The van der Waals surface area contributed by atoms with E-state index in [1.807, 2.05) is 32.0 Å². The molecule has 0 aromatic heterocycles. The summed E-state index contributed by atoms with van der Waals surface area (Å²) >= 11 is 1.78. The van der Waals surface area contributed by atoms with Crippen LogP contribution in [0.2, 0.25) is 0 Å². The lowest BCUT2D eigenvalue weighted by atomic mass is 9.91. The van der Waals surface area contributed by atoms with Gasteiger partial charge in [0, 0.05) is 22.0 Å². The van der Waals surface area contributed by atoms with Crippen molar-refractivity contribution in [3.05, 3.63) is 30.3 Å². The monoisotopic (exact) mass is 236 g/mol. The Bertz CT molecular complexity index is 343. The molecule has 0 bridgehead atoms. The van der Waals surface area contributed by atoms with Crippen molar-refractivity contribution in [1.29, 1.82) is 0 Å². The van der Waals surface area contributed by atoms with Crippen LogP contribution in [0.1, 0.15) is 34.1 Å². The Hall–Kier alpha value is -0.760. The van der Waals surface area contributed by atoms with E-state index >= 15 is 0 Å². The molecule has 0 heterocycles. The number of thioether (sulfide) groups is 1. The van der Waals surface area contributed by atoms with Crippen molar-refractivity contribution in [2.24, 2.45) is 5.92 Å². The highest BCUT2D eigenvalue weighted by Gasteiger charge is 2.31. The fourth-order valence-electron chi connectivity index (χ4n) is 1.57. The minimum Gasteiger partial charge on any atom is -0.299 e. The fourth-order valence-corrected chi connectivity index (χ4v) is 2.78. The second-order valence-electron chi connectivity index (χ2n) is 4.56. The molecule has 1 unspecified atom stereocenters. The van der Waals surface area contributed by atoms with Gasteiger partial charge in [0.15, 0.2) is 0 Å². The maximum atomic E-state index is 11.7. The van der Waals surface area contributed by atoms with Gasteiger partial charge in [-0.2, -0.15) is 0 Å². The van der Waals surface area contributed by atoms with Crippen LogP contribution in [0.4, 0.5) is 0 Å². The normalized spacial score (nSPS) is 13.5. The molecule has 0 spiro atoms. The molecule has 0 radical (unpaired) electrons. The lowest BCUT2D eigenvalue weighted by Gasteiger charge is -2.30. The largest absolute Gasteiger partial charge is 0.299 e. The topological polar surface area (TPSA) is 17.1 Å². The van der Waals surface area contributed by atoms with Gasteiger partial charge in [-0.1, -0.05) is 32.0 Å². The smallest absolute Gasteiger partial charge is 0.136 e. The first-order valence-electron chi connectivity index (χ1n) is 5.74. The van der Waals surface area contributed by atoms with E-state index < -0.39 is 0 Å². The van der Waals surface area contributed by atoms with Gasteiger partial charge < -0.3 is 0 Å². The van der Waals surface area contributed by atoms with E-state index in [4.69, 9.17) is 0 Å². The Labute approximate surface area is 103 Å². The molecule has 0 saturated carbocycles. The molecule has 0 amide bonds. The predicted octanol–water partition coefficient (Wildman–Crippen LogP) is 4.17. The van der Waals surface area contributed by atoms with Crippen molar-refractivity contribution >= 4 is 17.5 Å². The molecule has 0 saturated heterocycles. The van der Waals surface area contributed by atoms with Crippen molar-refractivity contribution < 1.29 is 4.79 Å². The summed E-state index contributed by atoms with van der Waals surface area (Å²) in [5, 5.41) is 0. The van der Waals surface area contributed by atoms with E-state index in [0.29, 0.717) is 12.2 Å². The van der Waals surface area contributed by atoms with Crippen LogP contribution in [-0.4, -0.2) is 10.5 Å². The van der Waals surface area contributed by atoms with E-state index in [-0.39, 0.29) is 10.7 Å². The Morgan fingerprint density at radius 2 is 1.88 bits per heavy atom. The number of carbonyl (C=O) groups is 1. The van der Waals surface area contributed by atoms with Crippen molar-refractivity contribution in [1.82, 2.24) is 0 Å². The van der Waals surface area contributed by atoms with Gasteiger partial charge in [-0.3, -0.25) is 4.79 Å². The summed E-state index contributed by atoms with van der Waals surface area (Å²) in [7, 11) is 0. The van der Waals surface area contributed by atoms with Crippen LogP contribution >= 0.6 is 11.8 Å². The Morgan fingerprint density at radius 1 is 1.31 bits per heavy atom. The van der Waals surface area contributed by atoms with Crippen molar-refractivity contribution in [3.8, 4) is 0 Å². The van der Waals surface area contributed by atoms with Crippen LogP contribution in [-0.2, 0) is 4.79 Å². The lowest BCUT2D eigenvalue weighted by Crippen LogP contribution is -2.31. The number of Topliss-reactive ketones (excluding diaryl/α,β-unsaturated/α-hetero) is 1. The molecule has 1 atom stereocenters. The van der Waals surface area contributed by atoms with Crippen LogP contribution in [0.25, 0.3) is 0 Å². The van der Waals surface area contributed by atoms with Gasteiger partial charge >= 0.3 is 0 Å². The molecule has 1 aromatic carbocycles. The first-order valence-corrected chi connectivity index (χ1v) is 6.55. The van der Waals surface area contributed by atoms with Crippen LogP contribution < -0.4 is 0 Å². The summed E-state index contributed by atoms with van der Waals surface area (Å²) in [5.74, 6) is 0.427. The van der Waals surface area contributed by atoms with Crippen molar-refractivity contribution in [2.75, 3.05) is 0 Å². The number of carbonyl (C=O) groups excluding carboxylic acids is 1. The zero-order valence-corrected chi connectivity index (χ0v) is 11.3. The molecule has 2 heteroatoms. The lowest BCUT2D eigenvalue weighted by molar-refractivity contribution is -0.122. The van der Waals surface area contributed by atoms with Crippen LogP contribution in [0.15, 0.2) is 35.2 Å². The van der Waals surface area contributed by atoms with Crippen LogP contribution in [0.5, 0.6) is 0 Å². The van der Waals surface area contributed by atoms with Gasteiger partial charge in [-0.05, 0) is 26.0 Å². The average molecular weight is 236 g/mol. The Balaban J connectivity index is 2.75. The van der Waals surface area contributed by atoms with E-state index in [0.717, 1.165) is 0 Å². The second-order valence-corrected chi connectivity index (χ2v) is 6.29. The van der Waals surface area contributed by atoms with Crippen LogP contribution in [0.3, 0.4) is 0 Å². The summed E-state index contributed by atoms with van der Waals surface area (Å²) in [4.78, 5) is 13.0. The average Bonchev–Trinajstić information content (AvgIpc) is 2.27.